The molecule has 0 aliphatic heterocycles. The van der Waals surface area contributed by atoms with E-state index in [0.29, 0.717) is 17.4 Å². The topological polar surface area (TPSA) is 96.7 Å². The van der Waals surface area contributed by atoms with Gasteiger partial charge in [0.05, 0.1) is 12.0 Å². The molecular weight excluding hydrogens is 324 g/mol. The zero-order valence-electron chi connectivity index (χ0n) is 12.2. The Hall–Kier alpha value is -3.33. The summed E-state index contributed by atoms with van der Waals surface area (Å²) in [6, 6.07) is 10.1. The first-order valence-electron chi connectivity index (χ1n) is 7.19. The van der Waals surface area contributed by atoms with E-state index in [9.17, 15) is 0 Å². The van der Waals surface area contributed by atoms with Crippen molar-refractivity contribution in [1.82, 2.24) is 34.5 Å². The van der Waals surface area contributed by atoms with Gasteiger partial charge in [0.25, 0.3) is 0 Å². The molecule has 0 aliphatic carbocycles. The number of nitrogens with zero attached hydrogens (tertiary/aromatic N) is 6. The number of benzene rings is 1. The quantitative estimate of drug-likeness (QED) is 0.526. The number of rotatable bonds is 3. The first kappa shape index (κ1) is 13.1. The summed E-state index contributed by atoms with van der Waals surface area (Å²) < 4.78 is 1.83. The first-order chi connectivity index (χ1) is 11.9. The van der Waals surface area contributed by atoms with Crippen LogP contribution in [0.5, 0.6) is 0 Å². The van der Waals surface area contributed by atoms with Crippen LogP contribution in [0.4, 0.5) is 11.8 Å². The Morgan fingerprint density at radius 1 is 1.08 bits per heavy atom. The summed E-state index contributed by atoms with van der Waals surface area (Å²) >= 11 is 1.54. The van der Waals surface area contributed by atoms with E-state index in [0.717, 1.165) is 21.7 Å². The van der Waals surface area contributed by atoms with Crippen LogP contribution in [0.3, 0.4) is 0 Å². The largest absolute Gasteiger partial charge is 0.340 e. The van der Waals surface area contributed by atoms with Crippen LogP contribution < -0.4 is 5.32 Å². The number of H-pyrrole nitrogens is 1. The highest BCUT2D eigenvalue weighted by atomic mass is 32.1. The Bertz CT molecular complexity index is 1140. The van der Waals surface area contributed by atoms with Gasteiger partial charge < -0.3 is 10.3 Å². The Kier molecular flexibility index (Phi) is 2.79. The van der Waals surface area contributed by atoms with Gasteiger partial charge in [-0.3, -0.25) is 0 Å². The van der Waals surface area contributed by atoms with Crippen LogP contribution in [0.2, 0.25) is 0 Å². The van der Waals surface area contributed by atoms with Crippen LogP contribution in [0.25, 0.3) is 27.4 Å². The molecule has 0 saturated carbocycles. The predicted molar refractivity (Wildman–Crippen MR) is 91.3 cm³/mol. The van der Waals surface area contributed by atoms with E-state index in [1.807, 2.05) is 28.1 Å². The monoisotopic (exact) mass is 334 g/mol. The highest BCUT2D eigenvalue weighted by molar-refractivity contribution is 7.15. The van der Waals surface area contributed by atoms with E-state index in [1.54, 1.807) is 17.7 Å². The molecule has 0 fully saturated rings. The van der Waals surface area contributed by atoms with Crippen LogP contribution in [0, 0.1) is 0 Å². The molecule has 8 nitrogen and oxygen atoms in total. The van der Waals surface area contributed by atoms with Crippen molar-refractivity contribution in [3.8, 4) is 11.3 Å². The molecule has 116 valence electrons. The van der Waals surface area contributed by atoms with Gasteiger partial charge >= 0.3 is 0 Å². The third-order valence-corrected chi connectivity index (χ3v) is 4.42. The standard InChI is InChI=1S/C15H10N8S/c1-2-4-9(5-3-1)10-6-24-15-21-14(22-23(10)15)20-13-11-12(17-7-16-11)18-8-19-13/h1-8H,(H2,16,17,18,19,20,22). The van der Waals surface area contributed by atoms with Gasteiger partial charge in [-0.15, -0.1) is 16.4 Å². The maximum absolute atomic E-state index is 4.55. The predicted octanol–water partition coefficient (Wildman–Crippen LogP) is 2.87. The minimum atomic E-state index is 0.480. The molecule has 0 atom stereocenters. The molecule has 0 radical (unpaired) electrons. The number of imidazole rings is 1. The minimum Gasteiger partial charge on any atom is -0.340 e. The van der Waals surface area contributed by atoms with Crippen molar-refractivity contribution in [2.75, 3.05) is 5.32 Å². The Balaban J connectivity index is 1.57. The summed E-state index contributed by atoms with van der Waals surface area (Å²) in [5.74, 6) is 1.07. The van der Waals surface area contributed by atoms with Crippen molar-refractivity contribution in [1.29, 1.82) is 0 Å². The van der Waals surface area contributed by atoms with Crippen molar-refractivity contribution in [2.45, 2.75) is 0 Å². The van der Waals surface area contributed by atoms with Gasteiger partial charge in [0, 0.05) is 10.9 Å². The van der Waals surface area contributed by atoms with Crippen LogP contribution in [0.1, 0.15) is 0 Å². The molecule has 0 amide bonds. The summed E-state index contributed by atoms with van der Waals surface area (Å²) in [6.07, 6.45) is 3.04. The second kappa shape index (κ2) is 5.10. The summed E-state index contributed by atoms with van der Waals surface area (Å²) in [5.41, 5.74) is 3.42. The molecule has 0 saturated heterocycles. The number of hydrogen-bond donors (Lipinski definition) is 2. The maximum atomic E-state index is 4.55. The second-order valence-electron chi connectivity index (χ2n) is 5.07. The number of fused-ring (bicyclic) bond motifs is 2. The van der Waals surface area contributed by atoms with E-state index in [4.69, 9.17) is 0 Å². The van der Waals surface area contributed by atoms with E-state index in [1.165, 1.54) is 6.33 Å². The molecule has 0 aliphatic rings. The van der Waals surface area contributed by atoms with E-state index >= 15 is 0 Å². The van der Waals surface area contributed by atoms with Gasteiger partial charge in [0.1, 0.15) is 11.8 Å². The van der Waals surface area contributed by atoms with Crippen LogP contribution in [-0.2, 0) is 0 Å². The number of thiazole rings is 1. The lowest BCUT2D eigenvalue weighted by atomic mass is 10.2. The number of aromatic amines is 1. The highest BCUT2D eigenvalue weighted by Crippen LogP contribution is 2.26. The van der Waals surface area contributed by atoms with Gasteiger partial charge in [-0.2, -0.15) is 4.98 Å². The molecule has 5 rings (SSSR count). The summed E-state index contributed by atoms with van der Waals surface area (Å²) in [5, 5.41) is 9.72. The smallest absolute Gasteiger partial charge is 0.249 e. The summed E-state index contributed by atoms with van der Waals surface area (Å²) in [7, 11) is 0. The number of aromatic nitrogens is 7. The molecule has 2 N–H and O–H groups in total. The summed E-state index contributed by atoms with van der Waals surface area (Å²) in [6.45, 7) is 0. The third-order valence-electron chi connectivity index (χ3n) is 3.60. The fourth-order valence-electron chi connectivity index (χ4n) is 2.51. The van der Waals surface area contributed by atoms with Crippen molar-refractivity contribution in [3.05, 3.63) is 48.4 Å². The number of anilines is 2. The average molecular weight is 334 g/mol. The van der Waals surface area contributed by atoms with E-state index in [2.05, 4.69) is 47.5 Å². The molecule has 4 aromatic heterocycles. The number of hydrogen-bond acceptors (Lipinski definition) is 7. The Labute approximate surface area is 139 Å². The van der Waals surface area contributed by atoms with Crippen LogP contribution in [-0.4, -0.2) is 34.5 Å². The molecule has 24 heavy (non-hydrogen) atoms. The average Bonchev–Trinajstić information content (AvgIpc) is 3.31. The van der Waals surface area contributed by atoms with Crippen molar-refractivity contribution < 1.29 is 0 Å². The van der Waals surface area contributed by atoms with Crippen molar-refractivity contribution in [3.63, 3.8) is 0 Å². The third kappa shape index (κ3) is 2.02. The van der Waals surface area contributed by atoms with Crippen LogP contribution in [0.15, 0.2) is 48.4 Å². The molecule has 0 spiro atoms. The molecule has 4 heterocycles. The lowest BCUT2D eigenvalue weighted by Crippen LogP contribution is -1.98. The SMILES string of the molecule is c1ccc(-c2csc3nc(Nc4ncnc5nc[nH]c45)nn23)cc1. The highest BCUT2D eigenvalue weighted by Gasteiger charge is 2.13. The fraction of sp³-hybridized carbons (Fsp3) is 0. The lowest BCUT2D eigenvalue weighted by Gasteiger charge is -2.01. The molecular formula is C15H10N8S. The molecule has 5 aromatic rings. The van der Waals surface area contributed by atoms with Gasteiger partial charge in [0.2, 0.25) is 10.9 Å². The van der Waals surface area contributed by atoms with Crippen LogP contribution >= 0.6 is 11.3 Å². The minimum absolute atomic E-state index is 0.480. The molecule has 9 heteroatoms. The maximum Gasteiger partial charge on any atom is 0.249 e. The fourth-order valence-corrected chi connectivity index (χ4v) is 3.34. The Morgan fingerprint density at radius 3 is 2.92 bits per heavy atom. The van der Waals surface area contributed by atoms with Gasteiger partial charge in [0.15, 0.2) is 11.5 Å². The zero-order chi connectivity index (χ0) is 15.9. The van der Waals surface area contributed by atoms with Crippen molar-refractivity contribution >= 4 is 39.2 Å². The molecule has 0 unspecified atom stereocenters. The van der Waals surface area contributed by atoms with E-state index < -0.39 is 0 Å². The van der Waals surface area contributed by atoms with Gasteiger partial charge in [-0.25, -0.2) is 19.5 Å². The molecule has 0 bridgehead atoms. The second-order valence-corrected chi connectivity index (χ2v) is 5.90. The Morgan fingerprint density at radius 2 is 2.00 bits per heavy atom. The van der Waals surface area contributed by atoms with Crippen molar-refractivity contribution in [2.24, 2.45) is 0 Å². The summed E-state index contributed by atoms with van der Waals surface area (Å²) in [4.78, 5) is 20.8. The normalized spacial score (nSPS) is 11.3. The van der Waals surface area contributed by atoms with Gasteiger partial charge in [-0.1, -0.05) is 30.3 Å². The lowest BCUT2D eigenvalue weighted by molar-refractivity contribution is 0.987. The first-order valence-corrected chi connectivity index (χ1v) is 8.07. The van der Waals surface area contributed by atoms with Gasteiger partial charge in [-0.05, 0) is 0 Å². The number of nitrogens with one attached hydrogen (secondary N) is 2. The zero-order valence-corrected chi connectivity index (χ0v) is 13.0. The molecule has 1 aromatic carbocycles. The van der Waals surface area contributed by atoms with E-state index in [-0.39, 0.29) is 0 Å².